The second kappa shape index (κ2) is 8.43. The number of ether oxygens (including phenoxy) is 1. The lowest BCUT2D eigenvalue weighted by molar-refractivity contribution is -0.120. The van der Waals surface area contributed by atoms with Gasteiger partial charge in [-0.05, 0) is 38.0 Å². The number of methoxy groups -OCH3 is 1. The van der Waals surface area contributed by atoms with Crippen LogP contribution in [0, 0.1) is 13.8 Å². The maximum absolute atomic E-state index is 12.6. The van der Waals surface area contributed by atoms with Gasteiger partial charge in [0, 0.05) is 5.56 Å². The van der Waals surface area contributed by atoms with Crippen molar-refractivity contribution in [2.24, 2.45) is 0 Å². The highest BCUT2D eigenvalue weighted by Crippen LogP contribution is 2.27. The minimum Gasteiger partial charge on any atom is -0.496 e. The highest BCUT2D eigenvalue weighted by molar-refractivity contribution is 7.92. The number of aryl methyl sites for hydroxylation is 2. The third-order valence-electron chi connectivity index (χ3n) is 4.36. The Morgan fingerprint density at radius 2 is 1.70 bits per heavy atom. The predicted octanol–water partition coefficient (Wildman–Crippen LogP) is 2.96. The smallest absolute Gasteiger partial charge is 0.241 e. The van der Waals surface area contributed by atoms with E-state index in [1.165, 1.54) is 0 Å². The third kappa shape index (κ3) is 5.01. The Bertz CT molecular complexity index is 905. The molecule has 0 radical (unpaired) electrons. The standard InChI is InChI=1S/C20H26N2O4S/c1-14-9-8-10-15(2)20(14)22(27(5,24)25)13-19(23)21-16(3)17-11-6-7-12-18(17)26-4/h6-12,16H,13H2,1-5H3,(H,21,23)/t16-/m0/s1. The Morgan fingerprint density at radius 1 is 1.11 bits per heavy atom. The second-order valence-corrected chi connectivity index (χ2v) is 8.45. The number of carbonyl (C=O) groups is 1. The molecule has 1 N–H and O–H groups in total. The van der Waals surface area contributed by atoms with Gasteiger partial charge in [-0.3, -0.25) is 9.10 Å². The zero-order chi connectivity index (χ0) is 20.2. The van der Waals surface area contributed by atoms with Gasteiger partial charge >= 0.3 is 0 Å². The summed E-state index contributed by atoms with van der Waals surface area (Å²) in [6.07, 6.45) is 1.11. The molecule has 0 spiro atoms. The number of hydrogen-bond acceptors (Lipinski definition) is 4. The summed E-state index contributed by atoms with van der Waals surface area (Å²) in [5, 5.41) is 2.86. The molecule has 2 aromatic rings. The van der Waals surface area contributed by atoms with E-state index in [9.17, 15) is 13.2 Å². The normalized spacial score (nSPS) is 12.3. The number of carbonyl (C=O) groups excluding carboxylic acids is 1. The summed E-state index contributed by atoms with van der Waals surface area (Å²) >= 11 is 0. The lowest BCUT2D eigenvalue weighted by atomic mass is 10.1. The van der Waals surface area contributed by atoms with Crippen LogP contribution in [0.5, 0.6) is 5.75 Å². The van der Waals surface area contributed by atoms with Crippen molar-refractivity contribution >= 4 is 21.6 Å². The van der Waals surface area contributed by atoms with Crippen LogP contribution in [0.25, 0.3) is 0 Å². The summed E-state index contributed by atoms with van der Waals surface area (Å²) in [7, 11) is -2.05. The van der Waals surface area contributed by atoms with Crippen molar-refractivity contribution in [1.29, 1.82) is 0 Å². The lowest BCUT2D eigenvalue weighted by Crippen LogP contribution is -2.41. The van der Waals surface area contributed by atoms with Crippen molar-refractivity contribution in [1.82, 2.24) is 5.32 Å². The van der Waals surface area contributed by atoms with E-state index in [4.69, 9.17) is 4.74 Å². The fourth-order valence-electron chi connectivity index (χ4n) is 3.08. The van der Waals surface area contributed by atoms with Crippen molar-refractivity contribution in [2.45, 2.75) is 26.8 Å². The van der Waals surface area contributed by atoms with E-state index in [0.717, 1.165) is 27.3 Å². The van der Waals surface area contributed by atoms with E-state index in [-0.39, 0.29) is 18.5 Å². The molecular formula is C20H26N2O4S. The Labute approximate surface area is 161 Å². The number of nitrogens with zero attached hydrogens (tertiary/aromatic N) is 1. The summed E-state index contributed by atoms with van der Waals surface area (Å²) in [6, 6.07) is 12.6. The Hall–Kier alpha value is -2.54. The fraction of sp³-hybridized carbons (Fsp3) is 0.350. The fourth-order valence-corrected chi connectivity index (χ4v) is 4.05. The first-order valence-corrected chi connectivity index (χ1v) is 10.5. The molecule has 0 saturated carbocycles. The molecule has 6 nitrogen and oxygen atoms in total. The molecule has 0 aromatic heterocycles. The topological polar surface area (TPSA) is 75.7 Å². The molecule has 0 unspecified atom stereocenters. The van der Waals surface area contributed by atoms with Gasteiger partial charge in [-0.2, -0.15) is 0 Å². The quantitative estimate of drug-likeness (QED) is 0.789. The highest BCUT2D eigenvalue weighted by Gasteiger charge is 2.25. The zero-order valence-electron chi connectivity index (χ0n) is 16.3. The van der Waals surface area contributed by atoms with Crippen LogP contribution in [0.2, 0.25) is 0 Å². The van der Waals surface area contributed by atoms with Crippen molar-refractivity contribution in [3.63, 3.8) is 0 Å². The largest absolute Gasteiger partial charge is 0.496 e. The van der Waals surface area contributed by atoms with Crippen molar-refractivity contribution in [2.75, 3.05) is 24.2 Å². The molecule has 7 heteroatoms. The molecule has 0 heterocycles. The molecule has 0 bridgehead atoms. The SMILES string of the molecule is COc1ccccc1[C@H](C)NC(=O)CN(c1c(C)cccc1C)S(C)(=O)=O. The Kier molecular flexibility index (Phi) is 6.49. The molecule has 2 aromatic carbocycles. The number of hydrogen-bond donors (Lipinski definition) is 1. The molecule has 146 valence electrons. The van der Waals surface area contributed by atoms with Gasteiger partial charge in [0.1, 0.15) is 12.3 Å². The van der Waals surface area contributed by atoms with Crippen LogP contribution in [0.3, 0.4) is 0 Å². The van der Waals surface area contributed by atoms with Crippen LogP contribution in [0.4, 0.5) is 5.69 Å². The van der Waals surface area contributed by atoms with Gasteiger partial charge in [0.15, 0.2) is 0 Å². The summed E-state index contributed by atoms with van der Waals surface area (Å²) in [5.41, 5.74) is 2.96. The molecule has 0 aliphatic rings. The van der Waals surface area contributed by atoms with Crippen molar-refractivity contribution < 1.29 is 17.9 Å². The van der Waals surface area contributed by atoms with Crippen molar-refractivity contribution in [3.05, 3.63) is 59.2 Å². The first-order valence-electron chi connectivity index (χ1n) is 8.61. The van der Waals surface area contributed by atoms with Gasteiger partial charge < -0.3 is 10.1 Å². The van der Waals surface area contributed by atoms with Crippen LogP contribution >= 0.6 is 0 Å². The first kappa shape index (κ1) is 20.8. The maximum Gasteiger partial charge on any atom is 0.241 e. The summed E-state index contributed by atoms with van der Waals surface area (Å²) < 4.78 is 31.2. The molecular weight excluding hydrogens is 364 g/mol. The number of nitrogens with one attached hydrogen (secondary N) is 1. The minimum absolute atomic E-state index is 0.288. The number of rotatable bonds is 7. The predicted molar refractivity (Wildman–Crippen MR) is 108 cm³/mol. The maximum atomic E-state index is 12.6. The van der Waals surface area contributed by atoms with Crippen LogP contribution in [0.1, 0.15) is 29.7 Å². The average Bonchev–Trinajstić information content (AvgIpc) is 2.59. The minimum atomic E-state index is -3.62. The Balaban J connectivity index is 2.25. The van der Waals surface area contributed by atoms with Crippen LogP contribution in [0.15, 0.2) is 42.5 Å². The third-order valence-corrected chi connectivity index (χ3v) is 5.47. The van der Waals surface area contributed by atoms with E-state index in [2.05, 4.69) is 5.32 Å². The molecule has 0 saturated heterocycles. The van der Waals surface area contributed by atoms with Gasteiger partial charge in [0.25, 0.3) is 0 Å². The van der Waals surface area contributed by atoms with Gasteiger partial charge in [0.2, 0.25) is 15.9 Å². The zero-order valence-corrected chi connectivity index (χ0v) is 17.1. The number of amides is 1. The summed E-state index contributed by atoms with van der Waals surface area (Å²) in [4.78, 5) is 12.6. The van der Waals surface area contributed by atoms with E-state index in [1.807, 2.05) is 63.2 Å². The molecule has 0 aliphatic heterocycles. The summed E-state index contributed by atoms with van der Waals surface area (Å²) in [5.74, 6) is 0.279. The van der Waals surface area contributed by atoms with E-state index in [1.54, 1.807) is 7.11 Å². The molecule has 0 fully saturated rings. The van der Waals surface area contributed by atoms with Gasteiger partial charge in [-0.25, -0.2) is 8.42 Å². The molecule has 1 atom stereocenters. The Morgan fingerprint density at radius 3 is 2.26 bits per heavy atom. The molecule has 1 amide bonds. The monoisotopic (exact) mass is 390 g/mol. The van der Waals surface area contributed by atoms with E-state index < -0.39 is 10.0 Å². The molecule has 27 heavy (non-hydrogen) atoms. The molecule has 2 rings (SSSR count). The van der Waals surface area contributed by atoms with E-state index >= 15 is 0 Å². The van der Waals surface area contributed by atoms with Crippen LogP contribution < -0.4 is 14.4 Å². The lowest BCUT2D eigenvalue weighted by Gasteiger charge is -2.26. The second-order valence-electron chi connectivity index (χ2n) is 6.54. The van der Waals surface area contributed by atoms with Gasteiger partial charge in [0.05, 0.1) is 25.1 Å². The molecule has 0 aliphatic carbocycles. The number of sulfonamides is 1. The van der Waals surface area contributed by atoms with Crippen molar-refractivity contribution in [3.8, 4) is 5.75 Å². The van der Waals surface area contributed by atoms with Crippen LogP contribution in [-0.2, 0) is 14.8 Å². The number of benzene rings is 2. The number of para-hydroxylation sites is 2. The highest BCUT2D eigenvalue weighted by atomic mass is 32.2. The average molecular weight is 391 g/mol. The van der Waals surface area contributed by atoms with Crippen LogP contribution in [-0.4, -0.2) is 34.2 Å². The summed E-state index contributed by atoms with van der Waals surface area (Å²) in [6.45, 7) is 5.20. The van der Waals surface area contributed by atoms with Gasteiger partial charge in [-0.1, -0.05) is 36.4 Å². The van der Waals surface area contributed by atoms with Gasteiger partial charge in [-0.15, -0.1) is 0 Å². The number of anilines is 1. The van der Waals surface area contributed by atoms with E-state index in [0.29, 0.717) is 11.4 Å². The first-order chi connectivity index (χ1) is 12.6.